The number of rotatable bonds is 3. The van der Waals surface area contributed by atoms with Crippen molar-refractivity contribution in [3.8, 4) is 0 Å². The zero-order valence-corrected chi connectivity index (χ0v) is 13.0. The Kier molecular flexibility index (Phi) is 4.82. The monoisotopic (exact) mass is 296 g/mol. The zero-order valence-electron chi connectivity index (χ0n) is 13.0. The topological polar surface area (TPSA) is 94.5 Å². The molecule has 0 saturated carbocycles. The molecule has 0 aromatic carbocycles. The molecule has 1 atom stereocenters. The van der Waals surface area contributed by atoms with E-state index in [0.717, 1.165) is 19.4 Å². The average molecular weight is 296 g/mol. The number of nitrogens with zero attached hydrogens (tertiary/aromatic N) is 3. The van der Waals surface area contributed by atoms with Crippen molar-refractivity contribution < 1.29 is 14.1 Å². The second-order valence-electron chi connectivity index (χ2n) is 6.45. The Bertz CT molecular complexity index is 481. The van der Waals surface area contributed by atoms with Crippen molar-refractivity contribution in [3.63, 3.8) is 0 Å². The summed E-state index contributed by atoms with van der Waals surface area (Å²) in [6, 6.07) is 0. The van der Waals surface area contributed by atoms with Gasteiger partial charge >= 0.3 is 6.09 Å². The number of hydrogen-bond donors (Lipinski definition) is 1. The van der Waals surface area contributed by atoms with E-state index in [1.807, 2.05) is 20.8 Å². The van der Waals surface area contributed by atoms with Gasteiger partial charge in [-0.3, -0.25) is 0 Å². The highest BCUT2D eigenvalue weighted by molar-refractivity contribution is 5.68. The molecule has 21 heavy (non-hydrogen) atoms. The standard InChI is InChI=1S/C14H24N4O3/c1-14(2,3)20-13(19)18-6-4-5-10(9-18)7-12-16-11(8-15)17-21-12/h10H,4-9,15H2,1-3H3. The first-order valence-corrected chi connectivity index (χ1v) is 7.37. The Hall–Kier alpha value is -1.63. The van der Waals surface area contributed by atoms with Crippen LogP contribution in [0.2, 0.25) is 0 Å². The van der Waals surface area contributed by atoms with Gasteiger partial charge in [0, 0.05) is 19.5 Å². The first kappa shape index (κ1) is 15.8. The van der Waals surface area contributed by atoms with Crippen molar-refractivity contribution in [2.24, 2.45) is 11.7 Å². The van der Waals surface area contributed by atoms with Gasteiger partial charge in [-0.1, -0.05) is 5.16 Å². The minimum Gasteiger partial charge on any atom is -0.444 e. The van der Waals surface area contributed by atoms with Crippen molar-refractivity contribution in [2.75, 3.05) is 13.1 Å². The summed E-state index contributed by atoms with van der Waals surface area (Å²) >= 11 is 0. The van der Waals surface area contributed by atoms with Crippen molar-refractivity contribution in [1.82, 2.24) is 15.0 Å². The number of carbonyl (C=O) groups is 1. The second kappa shape index (κ2) is 6.43. The molecular weight excluding hydrogens is 272 g/mol. The quantitative estimate of drug-likeness (QED) is 0.912. The first-order chi connectivity index (χ1) is 9.87. The summed E-state index contributed by atoms with van der Waals surface area (Å²) in [7, 11) is 0. The summed E-state index contributed by atoms with van der Waals surface area (Å²) in [5, 5.41) is 3.79. The van der Waals surface area contributed by atoms with Gasteiger partial charge in [0.15, 0.2) is 5.82 Å². The van der Waals surface area contributed by atoms with E-state index in [1.165, 1.54) is 0 Å². The van der Waals surface area contributed by atoms with Crippen molar-refractivity contribution in [1.29, 1.82) is 0 Å². The van der Waals surface area contributed by atoms with Crippen LogP contribution in [0.3, 0.4) is 0 Å². The molecule has 2 N–H and O–H groups in total. The fraction of sp³-hybridized carbons (Fsp3) is 0.786. The highest BCUT2D eigenvalue weighted by atomic mass is 16.6. The molecule has 0 bridgehead atoms. The van der Waals surface area contributed by atoms with Crippen LogP contribution in [0.5, 0.6) is 0 Å². The Labute approximate surface area is 124 Å². The van der Waals surface area contributed by atoms with Gasteiger partial charge in [0.25, 0.3) is 0 Å². The Morgan fingerprint density at radius 2 is 2.29 bits per heavy atom. The van der Waals surface area contributed by atoms with Crippen molar-refractivity contribution in [3.05, 3.63) is 11.7 Å². The predicted molar refractivity (Wildman–Crippen MR) is 76.4 cm³/mol. The highest BCUT2D eigenvalue weighted by Gasteiger charge is 2.28. The summed E-state index contributed by atoms with van der Waals surface area (Å²) < 4.78 is 10.6. The van der Waals surface area contributed by atoms with Gasteiger partial charge in [-0.05, 0) is 39.5 Å². The third-order valence-corrected chi connectivity index (χ3v) is 3.33. The number of carbonyl (C=O) groups excluding carboxylic acids is 1. The summed E-state index contributed by atoms with van der Waals surface area (Å²) in [5.41, 5.74) is 5.00. The molecule has 0 radical (unpaired) electrons. The van der Waals surface area contributed by atoms with Gasteiger partial charge in [0.1, 0.15) is 5.60 Å². The zero-order chi connectivity index (χ0) is 15.5. The smallest absolute Gasteiger partial charge is 0.410 e. The van der Waals surface area contributed by atoms with E-state index in [9.17, 15) is 4.79 Å². The number of ether oxygens (including phenoxy) is 1. The molecule has 0 aliphatic carbocycles. The normalized spacial score (nSPS) is 19.6. The second-order valence-corrected chi connectivity index (χ2v) is 6.45. The Morgan fingerprint density at radius 1 is 1.52 bits per heavy atom. The van der Waals surface area contributed by atoms with Gasteiger partial charge in [-0.2, -0.15) is 4.98 Å². The van der Waals surface area contributed by atoms with Crippen LogP contribution >= 0.6 is 0 Å². The maximum atomic E-state index is 12.1. The Balaban J connectivity index is 1.89. The molecular formula is C14H24N4O3. The van der Waals surface area contributed by atoms with Gasteiger partial charge in [0.2, 0.25) is 5.89 Å². The third-order valence-electron chi connectivity index (χ3n) is 3.33. The third kappa shape index (κ3) is 4.70. The molecule has 1 saturated heterocycles. The maximum absolute atomic E-state index is 12.1. The molecule has 2 rings (SSSR count). The van der Waals surface area contributed by atoms with E-state index in [4.69, 9.17) is 15.0 Å². The lowest BCUT2D eigenvalue weighted by Gasteiger charge is -2.33. The molecule has 1 unspecified atom stereocenters. The first-order valence-electron chi connectivity index (χ1n) is 7.37. The largest absolute Gasteiger partial charge is 0.444 e. The van der Waals surface area contributed by atoms with Crippen LogP contribution in [0, 0.1) is 5.92 Å². The van der Waals surface area contributed by atoms with E-state index in [0.29, 0.717) is 30.6 Å². The van der Waals surface area contributed by atoms with Crippen LogP contribution in [0.25, 0.3) is 0 Å². The predicted octanol–water partition coefficient (Wildman–Crippen LogP) is 1.72. The molecule has 1 aromatic rings. The molecule has 2 heterocycles. The fourth-order valence-corrected chi connectivity index (χ4v) is 2.43. The van der Waals surface area contributed by atoms with Gasteiger partial charge in [0.05, 0.1) is 6.54 Å². The minimum absolute atomic E-state index is 0.250. The van der Waals surface area contributed by atoms with Crippen molar-refractivity contribution in [2.45, 2.75) is 52.2 Å². The lowest BCUT2D eigenvalue weighted by molar-refractivity contribution is 0.0162. The number of hydrogen-bond acceptors (Lipinski definition) is 6. The number of nitrogens with two attached hydrogens (primary N) is 1. The van der Waals surface area contributed by atoms with E-state index >= 15 is 0 Å². The van der Waals surface area contributed by atoms with E-state index < -0.39 is 5.60 Å². The number of aromatic nitrogens is 2. The van der Waals surface area contributed by atoms with Crippen LogP contribution in [0.4, 0.5) is 4.79 Å². The summed E-state index contributed by atoms with van der Waals surface area (Å²) in [6.45, 7) is 7.30. The summed E-state index contributed by atoms with van der Waals surface area (Å²) in [5.74, 6) is 1.42. The van der Waals surface area contributed by atoms with E-state index in [2.05, 4.69) is 10.1 Å². The summed E-state index contributed by atoms with van der Waals surface area (Å²) in [6.07, 6.45) is 2.42. The summed E-state index contributed by atoms with van der Waals surface area (Å²) in [4.78, 5) is 18.1. The van der Waals surface area contributed by atoms with E-state index in [1.54, 1.807) is 4.90 Å². The molecule has 1 aliphatic heterocycles. The maximum Gasteiger partial charge on any atom is 0.410 e. The van der Waals surface area contributed by atoms with Crippen molar-refractivity contribution >= 4 is 6.09 Å². The number of piperidine rings is 1. The SMILES string of the molecule is CC(C)(C)OC(=O)N1CCCC(Cc2nc(CN)no2)C1. The van der Waals surface area contributed by atoms with Gasteiger partial charge in [-0.25, -0.2) is 4.79 Å². The van der Waals surface area contributed by atoms with Gasteiger partial charge in [-0.15, -0.1) is 0 Å². The lowest BCUT2D eigenvalue weighted by atomic mass is 9.95. The number of likely N-dealkylation sites (tertiary alicyclic amines) is 1. The van der Waals surface area contributed by atoms with E-state index in [-0.39, 0.29) is 12.6 Å². The molecule has 1 aromatic heterocycles. The average Bonchev–Trinajstić information content (AvgIpc) is 2.85. The van der Waals surface area contributed by atoms with Crippen LogP contribution in [-0.2, 0) is 17.7 Å². The van der Waals surface area contributed by atoms with Crippen LogP contribution in [0.15, 0.2) is 4.52 Å². The highest BCUT2D eigenvalue weighted by Crippen LogP contribution is 2.22. The minimum atomic E-state index is -0.466. The molecule has 1 amide bonds. The molecule has 1 fully saturated rings. The lowest BCUT2D eigenvalue weighted by Crippen LogP contribution is -2.43. The Morgan fingerprint density at radius 3 is 2.90 bits per heavy atom. The van der Waals surface area contributed by atoms with Gasteiger partial charge < -0.3 is 19.9 Å². The van der Waals surface area contributed by atoms with Crippen LogP contribution < -0.4 is 5.73 Å². The molecule has 0 spiro atoms. The van der Waals surface area contributed by atoms with Crippen LogP contribution in [-0.4, -0.2) is 39.8 Å². The molecule has 7 nitrogen and oxygen atoms in total. The number of amides is 1. The molecule has 7 heteroatoms. The fourth-order valence-electron chi connectivity index (χ4n) is 2.43. The molecule has 1 aliphatic rings. The van der Waals surface area contributed by atoms with Crippen LogP contribution in [0.1, 0.15) is 45.3 Å². The molecule has 118 valence electrons.